The van der Waals surface area contributed by atoms with Crippen molar-refractivity contribution in [2.45, 2.75) is 6.18 Å². The number of halogens is 5. The minimum atomic E-state index is -4.63. The van der Waals surface area contributed by atoms with E-state index in [1.54, 1.807) is 0 Å². The zero-order valence-electron chi connectivity index (χ0n) is 12.9. The van der Waals surface area contributed by atoms with Gasteiger partial charge >= 0.3 is 12.2 Å². The van der Waals surface area contributed by atoms with Gasteiger partial charge in [0, 0.05) is 17.5 Å². The van der Waals surface area contributed by atoms with Crippen molar-refractivity contribution >= 4 is 51.5 Å². The second-order valence-corrected chi connectivity index (χ2v) is 6.05. The number of fused-ring (bicyclic) bond motifs is 1. The Morgan fingerprint density at radius 1 is 1.19 bits per heavy atom. The molecular weight excluding hydrogens is 412 g/mol. The number of nitro benzene ring substituents is 1. The van der Waals surface area contributed by atoms with Crippen LogP contribution in [0, 0.1) is 10.1 Å². The van der Waals surface area contributed by atoms with Crippen LogP contribution in [0.3, 0.4) is 0 Å². The summed E-state index contributed by atoms with van der Waals surface area (Å²) in [5.74, 6) is 0. The third kappa shape index (κ3) is 3.67. The summed E-state index contributed by atoms with van der Waals surface area (Å²) in [6.45, 7) is 0. The van der Waals surface area contributed by atoms with Crippen molar-refractivity contribution in [1.29, 1.82) is 0 Å². The van der Waals surface area contributed by atoms with Crippen LogP contribution in [0.5, 0.6) is 0 Å². The average molecular weight is 419 g/mol. The number of aromatic nitrogens is 2. The van der Waals surface area contributed by atoms with E-state index >= 15 is 0 Å². The van der Waals surface area contributed by atoms with Crippen LogP contribution in [0.25, 0.3) is 10.9 Å². The second kappa shape index (κ2) is 6.71. The number of benzene rings is 2. The lowest BCUT2D eigenvalue weighted by molar-refractivity contribution is -0.384. The highest BCUT2D eigenvalue weighted by Gasteiger charge is 2.31. The van der Waals surface area contributed by atoms with Crippen LogP contribution in [0.1, 0.15) is 5.56 Å². The molecule has 0 fully saturated rings. The van der Waals surface area contributed by atoms with E-state index in [9.17, 15) is 28.1 Å². The maximum atomic E-state index is 12.8. The topological polar surface area (TPSA) is 90.1 Å². The highest BCUT2D eigenvalue weighted by atomic mass is 35.5. The van der Waals surface area contributed by atoms with Gasteiger partial charge in [-0.25, -0.2) is 4.79 Å². The van der Waals surface area contributed by atoms with Crippen LogP contribution in [-0.4, -0.2) is 20.7 Å². The Balaban J connectivity index is 2.02. The number of rotatable bonds is 2. The largest absolute Gasteiger partial charge is 0.416 e. The lowest BCUT2D eigenvalue weighted by Crippen LogP contribution is -2.21. The number of nitrogens with zero attached hydrogens (tertiary/aromatic N) is 3. The summed E-state index contributed by atoms with van der Waals surface area (Å²) in [4.78, 5) is 22.7. The quantitative estimate of drug-likeness (QED) is 0.448. The van der Waals surface area contributed by atoms with Gasteiger partial charge in [0.25, 0.3) is 5.69 Å². The minimum Gasteiger partial charge on any atom is -0.305 e. The lowest BCUT2D eigenvalue weighted by atomic mass is 10.2. The van der Waals surface area contributed by atoms with Gasteiger partial charge < -0.3 is 5.32 Å². The first-order valence-corrected chi connectivity index (χ1v) is 7.84. The summed E-state index contributed by atoms with van der Waals surface area (Å²) in [6.07, 6.45) is -4.63. The van der Waals surface area contributed by atoms with Crippen molar-refractivity contribution in [2.75, 3.05) is 5.32 Å². The Bertz CT molecular complexity index is 1080. The Morgan fingerprint density at radius 2 is 1.89 bits per heavy atom. The summed E-state index contributed by atoms with van der Waals surface area (Å²) >= 11 is 11.8. The molecule has 12 heteroatoms. The molecule has 3 aromatic rings. The standard InChI is InChI=1S/C15H7Cl2F3N4O3/c16-10-4-1-7(15(18,19)20)5-11(10)21-14(25)23-12-6-8(24(26)27)2-3-9(12)13(17)22-23/h1-6H,(H,21,25). The fraction of sp³-hybridized carbons (Fsp3) is 0.0667. The fourth-order valence-corrected chi connectivity index (χ4v) is 2.70. The highest BCUT2D eigenvalue weighted by molar-refractivity contribution is 6.35. The van der Waals surface area contributed by atoms with Crippen LogP contribution >= 0.6 is 23.2 Å². The first-order valence-electron chi connectivity index (χ1n) is 7.08. The van der Waals surface area contributed by atoms with Crippen molar-refractivity contribution in [3.63, 3.8) is 0 Å². The van der Waals surface area contributed by atoms with Gasteiger partial charge in [0.15, 0.2) is 5.15 Å². The number of non-ortho nitro benzene ring substituents is 1. The molecule has 0 aliphatic carbocycles. The Labute approximate surface area is 158 Å². The smallest absolute Gasteiger partial charge is 0.305 e. The van der Waals surface area contributed by atoms with E-state index in [4.69, 9.17) is 23.2 Å². The van der Waals surface area contributed by atoms with Crippen LogP contribution in [0.15, 0.2) is 36.4 Å². The van der Waals surface area contributed by atoms with Gasteiger partial charge in [0.2, 0.25) is 0 Å². The van der Waals surface area contributed by atoms with Crippen molar-refractivity contribution in [1.82, 2.24) is 9.78 Å². The molecule has 27 heavy (non-hydrogen) atoms. The highest BCUT2D eigenvalue weighted by Crippen LogP contribution is 2.34. The van der Waals surface area contributed by atoms with Gasteiger partial charge in [-0.15, -0.1) is 0 Å². The molecule has 0 bridgehead atoms. The molecule has 0 aliphatic heterocycles. The lowest BCUT2D eigenvalue weighted by Gasteiger charge is -2.11. The first-order chi connectivity index (χ1) is 12.6. The molecule has 0 aliphatic rings. The van der Waals surface area contributed by atoms with E-state index in [-0.39, 0.29) is 32.5 Å². The van der Waals surface area contributed by atoms with E-state index in [1.165, 1.54) is 12.1 Å². The Hall–Kier alpha value is -2.85. The van der Waals surface area contributed by atoms with Gasteiger partial charge in [-0.3, -0.25) is 10.1 Å². The van der Waals surface area contributed by atoms with Crippen molar-refractivity contribution in [3.8, 4) is 0 Å². The van der Waals surface area contributed by atoms with Gasteiger partial charge in [0.05, 0.1) is 26.7 Å². The monoisotopic (exact) mass is 418 g/mol. The maximum Gasteiger partial charge on any atom is 0.416 e. The number of hydrogen-bond donors (Lipinski definition) is 1. The number of carbonyl (C=O) groups is 1. The van der Waals surface area contributed by atoms with E-state index < -0.39 is 22.7 Å². The zero-order chi connectivity index (χ0) is 19.9. The van der Waals surface area contributed by atoms with E-state index in [2.05, 4.69) is 10.4 Å². The Morgan fingerprint density at radius 3 is 2.52 bits per heavy atom. The molecule has 1 heterocycles. The van der Waals surface area contributed by atoms with E-state index in [0.717, 1.165) is 18.2 Å². The summed E-state index contributed by atoms with van der Waals surface area (Å²) < 4.78 is 39.2. The Kier molecular flexibility index (Phi) is 4.70. The second-order valence-electron chi connectivity index (χ2n) is 5.28. The number of hydrogen-bond acceptors (Lipinski definition) is 4. The van der Waals surface area contributed by atoms with Crippen LogP contribution in [0.4, 0.5) is 29.3 Å². The summed E-state index contributed by atoms with van der Waals surface area (Å²) in [5.41, 5.74) is -1.62. The molecule has 0 spiro atoms. The third-order valence-corrected chi connectivity index (χ3v) is 4.17. The molecule has 1 amide bonds. The number of nitro groups is 1. The number of anilines is 1. The minimum absolute atomic E-state index is 0.00907. The molecule has 1 N–H and O–H groups in total. The summed E-state index contributed by atoms with van der Waals surface area (Å²) in [5, 5.41) is 16.9. The molecule has 0 atom stereocenters. The summed E-state index contributed by atoms with van der Waals surface area (Å²) in [7, 11) is 0. The predicted octanol–water partition coefficient (Wildman–Crippen LogP) is 5.35. The molecule has 0 saturated carbocycles. The predicted molar refractivity (Wildman–Crippen MR) is 92.3 cm³/mol. The van der Waals surface area contributed by atoms with Crippen molar-refractivity contribution < 1.29 is 22.9 Å². The summed E-state index contributed by atoms with van der Waals surface area (Å²) in [6, 6.07) is 4.98. The average Bonchev–Trinajstić information content (AvgIpc) is 2.92. The number of nitrogens with one attached hydrogen (secondary N) is 1. The molecule has 140 valence electrons. The number of amides is 1. The van der Waals surface area contributed by atoms with Gasteiger partial charge in [-0.05, 0) is 24.3 Å². The SMILES string of the molecule is O=C(Nc1cc(C(F)(F)F)ccc1Cl)n1nc(Cl)c2ccc([N+](=O)[O-])cc21. The van der Waals surface area contributed by atoms with Gasteiger partial charge in [-0.2, -0.15) is 23.0 Å². The molecule has 1 aromatic heterocycles. The molecule has 7 nitrogen and oxygen atoms in total. The molecule has 0 radical (unpaired) electrons. The molecule has 3 rings (SSSR count). The molecular formula is C15H7Cl2F3N4O3. The van der Waals surface area contributed by atoms with E-state index in [0.29, 0.717) is 10.7 Å². The number of alkyl halides is 3. The maximum absolute atomic E-state index is 12.8. The van der Waals surface area contributed by atoms with Gasteiger partial charge in [-0.1, -0.05) is 23.2 Å². The number of carbonyl (C=O) groups excluding carboxylic acids is 1. The van der Waals surface area contributed by atoms with E-state index in [1.807, 2.05) is 0 Å². The normalized spacial score (nSPS) is 11.6. The molecule has 0 unspecified atom stereocenters. The van der Waals surface area contributed by atoms with Crippen LogP contribution < -0.4 is 5.32 Å². The van der Waals surface area contributed by atoms with Crippen LogP contribution in [-0.2, 0) is 6.18 Å². The molecule has 2 aromatic carbocycles. The zero-order valence-corrected chi connectivity index (χ0v) is 14.4. The first kappa shape index (κ1) is 18.9. The molecule has 0 saturated heterocycles. The fourth-order valence-electron chi connectivity index (χ4n) is 2.30. The van der Waals surface area contributed by atoms with Crippen molar-refractivity contribution in [2.24, 2.45) is 0 Å². The van der Waals surface area contributed by atoms with Crippen LogP contribution in [0.2, 0.25) is 10.2 Å². The third-order valence-electron chi connectivity index (χ3n) is 3.56. The van der Waals surface area contributed by atoms with Gasteiger partial charge in [0.1, 0.15) is 0 Å². The van der Waals surface area contributed by atoms with Crippen molar-refractivity contribution in [3.05, 3.63) is 62.3 Å².